The minimum Gasteiger partial charge on any atom is -0.378 e. The smallest absolute Gasteiger partial charge is 0.0575 e. The zero-order chi connectivity index (χ0) is 13.5. The molecule has 2 aliphatic rings. The van der Waals surface area contributed by atoms with Crippen LogP contribution in [0.25, 0.3) is 0 Å². The van der Waals surface area contributed by atoms with Crippen molar-refractivity contribution in [2.75, 3.05) is 6.61 Å². The van der Waals surface area contributed by atoms with E-state index < -0.39 is 0 Å². The van der Waals surface area contributed by atoms with Gasteiger partial charge in [-0.25, -0.2) is 0 Å². The largest absolute Gasteiger partial charge is 0.378 e. The molecular weight excluding hydrogens is 232 g/mol. The lowest BCUT2D eigenvalue weighted by Crippen LogP contribution is -2.28. The van der Waals surface area contributed by atoms with Crippen molar-refractivity contribution in [1.82, 2.24) is 0 Å². The average molecular weight is 266 g/mol. The first-order valence-electron chi connectivity index (χ1n) is 8.95. The van der Waals surface area contributed by atoms with E-state index in [-0.39, 0.29) is 0 Å². The number of hydrogen-bond acceptors (Lipinski definition) is 1. The van der Waals surface area contributed by atoms with E-state index in [1.165, 1.54) is 70.6 Å². The molecule has 0 spiro atoms. The Bertz CT molecular complexity index is 222. The van der Waals surface area contributed by atoms with Crippen molar-refractivity contribution in [3.05, 3.63) is 0 Å². The van der Waals surface area contributed by atoms with E-state index in [9.17, 15) is 0 Å². The first-order chi connectivity index (χ1) is 9.33. The lowest BCUT2D eigenvalue weighted by Gasteiger charge is -2.37. The van der Waals surface area contributed by atoms with Gasteiger partial charge in [-0.2, -0.15) is 0 Å². The molecule has 112 valence electrons. The molecule has 2 rings (SSSR count). The van der Waals surface area contributed by atoms with Gasteiger partial charge in [-0.3, -0.25) is 0 Å². The molecule has 2 aliphatic carbocycles. The quantitative estimate of drug-likeness (QED) is 0.610. The molecule has 0 atom stereocenters. The van der Waals surface area contributed by atoms with Gasteiger partial charge in [-0.1, -0.05) is 39.5 Å². The SMILES string of the molecule is CCCOC1CCC([C@H]2CC[C@H](CCC)CC2)CC1. The second-order valence-corrected chi connectivity index (χ2v) is 6.98. The summed E-state index contributed by atoms with van der Waals surface area (Å²) in [5, 5.41) is 0. The van der Waals surface area contributed by atoms with Gasteiger partial charge in [0.25, 0.3) is 0 Å². The van der Waals surface area contributed by atoms with Gasteiger partial charge in [0.2, 0.25) is 0 Å². The zero-order valence-electron chi connectivity index (χ0n) is 13.2. The first kappa shape index (κ1) is 15.4. The topological polar surface area (TPSA) is 9.23 Å². The summed E-state index contributed by atoms with van der Waals surface area (Å²) in [5.74, 6) is 3.15. The highest BCUT2D eigenvalue weighted by Gasteiger charge is 2.30. The maximum atomic E-state index is 5.92. The van der Waals surface area contributed by atoms with E-state index in [2.05, 4.69) is 13.8 Å². The monoisotopic (exact) mass is 266 g/mol. The van der Waals surface area contributed by atoms with Crippen LogP contribution in [0, 0.1) is 17.8 Å². The van der Waals surface area contributed by atoms with Crippen LogP contribution in [0.4, 0.5) is 0 Å². The van der Waals surface area contributed by atoms with Crippen molar-refractivity contribution in [3.8, 4) is 0 Å². The third-order valence-electron chi connectivity index (χ3n) is 5.53. The van der Waals surface area contributed by atoms with E-state index in [1.54, 1.807) is 0 Å². The zero-order valence-corrected chi connectivity index (χ0v) is 13.2. The molecule has 0 unspecified atom stereocenters. The van der Waals surface area contributed by atoms with Crippen LogP contribution in [-0.2, 0) is 4.74 Å². The van der Waals surface area contributed by atoms with Gasteiger partial charge in [0, 0.05) is 6.61 Å². The molecule has 2 saturated carbocycles. The fourth-order valence-electron chi connectivity index (χ4n) is 4.37. The Morgan fingerprint density at radius 3 is 1.84 bits per heavy atom. The van der Waals surface area contributed by atoms with Crippen molar-refractivity contribution >= 4 is 0 Å². The average Bonchev–Trinajstić information content (AvgIpc) is 2.47. The Balaban J connectivity index is 1.65. The second-order valence-electron chi connectivity index (χ2n) is 6.98. The van der Waals surface area contributed by atoms with Crippen molar-refractivity contribution in [2.24, 2.45) is 17.8 Å². The molecule has 0 amide bonds. The van der Waals surface area contributed by atoms with Crippen molar-refractivity contribution in [3.63, 3.8) is 0 Å². The molecule has 0 aromatic carbocycles. The van der Waals surface area contributed by atoms with Crippen molar-refractivity contribution in [2.45, 2.75) is 90.6 Å². The molecule has 1 nitrogen and oxygen atoms in total. The van der Waals surface area contributed by atoms with E-state index >= 15 is 0 Å². The fourth-order valence-corrected chi connectivity index (χ4v) is 4.37. The molecule has 0 radical (unpaired) electrons. The molecule has 0 N–H and O–H groups in total. The Labute approximate surface area is 120 Å². The summed E-state index contributed by atoms with van der Waals surface area (Å²) < 4.78 is 5.92. The molecule has 0 heterocycles. The normalized spacial score (nSPS) is 36.3. The van der Waals surface area contributed by atoms with Crippen LogP contribution in [0.2, 0.25) is 0 Å². The summed E-state index contributed by atoms with van der Waals surface area (Å²) in [6, 6.07) is 0. The molecule has 2 fully saturated rings. The lowest BCUT2D eigenvalue weighted by atomic mass is 9.70. The third kappa shape index (κ3) is 4.77. The Morgan fingerprint density at radius 1 is 0.737 bits per heavy atom. The third-order valence-corrected chi connectivity index (χ3v) is 5.53. The van der Waals surface area contributed by atoms with Crippen LogP contribution in [0.3, 0.4) is 0 Å². The van der Waals surface area contributed by atoms with Gasteiger partial charge >= 0.3 is 0 Å². The van der Waals surface area contributed by atoms with E-state index in [0.717, 1.165) is 24.4 Å². The maximum absolute atomic E-state index is 5.92. The van der Waals surface area contributed by atoms with Crippen LogP contribution in [0.1, 0.15) is 84.5 Å². The van der Waals surface area contributed by atoms with Gasteiger partial charge in [0.05, 0.1) is 6.10 Å². The van der Waals surface area contributed by atoms with Crippen LogP contribution in [0.15, 0.2) is 0 Å². The van der Waals surface area contributed by atoms with E-state index in [0.29, 0.717) is 6.10 Å². The molecular formula is C18H34O. The van der Waals surface area contributed by atoms with Crippen LogP contribution in [-0.4, -0.2) is 12.7 Å². The molecule has 1 heteroatoms. The molecule has 0 bridgehead atoms. The van der Waals surface area contributed by atoms with Gasteiger partial charge in [0.1, 0.15) is 0 Å². The predicted molar refractivity (Wildman–Crippen MR) is 82.3 cm³/mol. The van der Waals surface area contributed by atoms with Gasteiger partial charge < -0.3 is 4.74 Å². The fraction of sp³-hybridized carbons (Fsp3) is 1.00. The molecule has 0 aromatic rings. The summed E-state index contributed by atoms with van der Waals surface area (Å²) in [6.45, 7) is 5.52. The minimum absolute atomic E-state index is 0.590. The number of ether oxygens (including phenoxy) is 1. The molecule has 0 aliphatic heterocycles. The maximum Gasteiger partial charge on any atom is 0.0575 e. The highest BCUT2D eigenvalue weighted by molar-refractivity contribution is 4.82. The standard InChI is InChI=1S/C18H34O/c1-3-5-15-6-8-16(9-7-15)17-10-12-18(13-11-17)19-14-4-2/h15-18H,3-14H2,1-2H3/t15-,16-,17?,18?. The Kier molecular flexibility index (Phi) is 6.70. The van der Waals surface area contributed by atoms with Gasteiger partial charge in [0.15, 0.2) is 0 Å². The first-order valence-corrected chi connectivity index (χ1v) is 8.95. The Hall–Kier alpha value is -0.0400. The van der Waals surface area contributed by atoms with Gasteiger partial charge in [-0.15, -0.1) is 0 Å². The van der Waals surface area contributed by atoms with E-state index in [1.807, 2.05) is 0 Å². The summed E-state index contributed by atoms with van der Waals surface area (Å²) in [6.07, 6.45) is 16.3. The Morgan fingerprint density at radius 2 is 1.32 bits per heavy atom. The van der Waals surface area contributed by atoms with Gasteiger partial charge in [-0.05, 0) is 62.7 Å². The lowest BCUT2D eigenvalue weighted by molar-refractivity contribution is 0.00728. The molecule has 0 saturated heterocycles. The highest BCUT2D eigenvalue weighted by Crippen LogP contribution is 2.41. The minimum atomic E-state index is 0.590. The summed E-state index contributed by atoms with van der Waals surface area (Å²) >= 11 is 0. The number of hydrogen-bond donors (Lipinski definition) is 0. The predicted octanol–water partition coefficient (Wildman–Crippen LogP) is 5.58. The number of rotatable bonds is 6. The summed E-state index contributed by atoms with van der Waals surface area (Å²) in [4.78, 5) is 0. The van der Waals surface area contributed by atoms with Crippen molar-refractivity contribution < 1.29 is 4.74 Å². The second kappa shape index (κ2) is 8.29. The summed E-state index contributed by atoms with van der Waals surface area (Å²) in [5.41, 5.74) is 0. The molecule has 19 heavy (non-hydrogen) atoms. The van der Waals surface area contributed by atoms with Crippen LogP contribution < -0.4 is 0 Å². The van der Waals surface area contributed by atoms with E-state index in [4.69, 9.17) is 4.74 Å². The van der Waals surface area contributed by atoms with Crippen molar-refractivity contribution in [1.29, 1.82) is 0 Å². The molecule has 0 aromatic heterocycles. The van der Waals surface area contributed by atoms with Crippen LogP contribution >= 0.6 is 0 Å². The van der Waals surface area contributed by atoms with Crippen LogP contribution in [0.5, 0.6) is 0 Å². The summed E-state index contributed by atoms with van der Waals surface area (Å²) in [7, 11) is 0. The highest BCUT2D eigenvalue weighted by atomic mass is 16.5.